The normalized spacial score (nSPS) is 18.9. The highest BCUT2D eigenvalue weighted by atomic mass is 16.2. The third-order valence-electron chi connectivity index (χ3n) is 3.22. The molecule has 1 aromatic rings. The summed E-state index contributed by atoms with van der Waals surface area (Å²) in [5.41, 5.74) is 1.19. The Balaban J connectivity index is 2.04. The number of benzene rings is 1. The van der Waals surface area contributed by atoms with Crippen LogP contribution in [0.4, 0.5) is 0 Å². The van der Waals surface area contributed by atoms with Crippen LogP contribution in [0.3, 0.4) is 0 Å². The maximum absolute atomic E-state index is 12.2. The van der Waals surface area contributed by atoms with E-state index >= 15 is 0 Å². The van der Waals surface area contributed by atoms with Crippen LogP contribution in [0.15, 0.2) is 30.3 Å². The van der Waals surface area contributed by atoms with Gasteiger partial charge in [0, 0.05) is 12.6 Å². The summed E-state index contributed by atoms with van der Waals surface area (Å²) in [7, 11) is 0. The van der Waals surface area contributed by atoms with Crippen molar-refractivity contribution >= 4 is 5.91 Å². The Hall–Kier alpha value is -1.35. The highest BCUT2D eigenvalue weighted by molar-refractivity contribution is 5.83. The van der Waals surface area contributed by atoms with E-state index in [1.165, 1.54) is 5.56 Å². The first kappa shape index (κ1) is 12.1. The van der Waals surface area contributed by atoms with Gasteiger partial charge in [0.05, 0.1) is 6.04 Å². The summed E-state index contributed by atoms with van der Waals surface area (Å²) in [5, 5.41) is 3.18. The van der Waals surface area contributed by atoms with Crippen LogP contribution in [0, 0.1) is 0 Å². The van der Waals surface area contributed by atoms with Gasteiger partial charge in [-0.15, -0.1) is 0 Å². The Morgan fingerprint density at radius 2 is 2.06 bits per heavy atom. The van der Waals surface area contributed by atoms with E-state index in [1.54, 1.807) is 0 Å². The molecule has 1 aliphatic rings. The zero-order valence-corrected chi connectivity index (χ0v) is 10.5. The van der Waals surface area contributed by atoms with E-state index in [9.17, 15) is 4.79 Å². The average Bonchev–Trinajstić information content (AvgIpc) is 2.24. The molecule has 0 bridgehead atoms. The highest BCUT2D eigenvalue weighted by Crippen LogP contribution is 2.13. The van der Waals surface area contributed by atoms with Gasteiger partial charge in [0.15, 0.2) is 0 Å². The van der Waals surface area contributed by atoms with Crippen LogP contribution in [0.5, 0.6) is 0 Å². The summed E-state index contributed by atoms with van der Waals surface area (Å²) in [5.74, 6) is 0.232. The van der Waals surface area contributed by atoms with Crippen molar-refractivity contribution in [2.45, 2.75) is 38.9 Å². The van der Waals surface area contributed by atoms with Gasteiger partial charge in [-0.05, 0) is 32.4 Å². The first-order chi connectivity index (χ1) is 8.18. The summed E-state index contributed by atoms with van der Waals surface area (Å²) in [4.78, 5) is 14.2. The third-order valence-corrected chi connectivity index (χ3v) is 3.22. The molecule has 1 aliphatic heterocycles. The van der Waals surface area contributed by atoms with Gasteiger partial charge < -0.3 is 10.2 Å². The molecule has 1 fully saturated rings. The fourth-order valence-corrected chi connectivity index (χ4v) is 1.99. The van der Waals surface area contributed by atoms with Crippen LogP contribution in [0.1, 0.15) is 25.8 Å². The Kier molecular flexibility index (Phi) is 3.79. The maximum atomic E-state index is 12.2. The van der Waals surface area contributed by atoms with Gasteiger partial charge in [-0.2, -0.15) is 0 Å². The molecule has 0 saturated carbocycles. The van der Waals surface area contributed by atoms with Crippen molar-refractivity contribution in [3.05, 3.63) is 35.9 Å². The van der Waals surface area contributed by atoms with Crippen molar-refractivity contribution in [3.8, 4) is 0 Å². The SMILES string of the molecule is CC(C)N(Cc1ccccc1)C(=O)C1CCN1. The number of hydrogen-bond donors (Lipinski definition) is 1. The molecule has 17 heavy (non-hydrogen) atoms. The number of nitrogens with zero attached hydrogens (tertiary/aromatic N) is 1. The molecule has 0 radical (unpaired) electrons. The van der Waals surface area contributed by atoms with Crippen molar-refractivity contribution in [1.29, 1.82) is 0 Å². The minimum absolute atomic E-state index is 0.0427. The van der Waals surface area contributed by atoms with Gasteiger partial charge in [0.1, 0.15) is 0 Å². The minimum atomic E-state index is 0.0427. The van der Waals surface area contributed by atoms with Crippen LogP contribution in [0.25, 0.3) is 0 Å². The minimum Gasteiger partial charge on any atom is -0.335 e. The van der Waals surface area contributed by atoms with Gasteiger partial charge in [0.25, 0.3) is 0 Å². The van der Waals surface area contributed by atoms with Gasteiger partial charge in [-0.1, -0.05) is 30.3 Å². The molecule has 0 spiro atoms. The van der Waals surface area contributed by atoms with E-state index in [4.69, 9.17) is 0 Å². The molecule has 1 saturated heterocycles. The Morgan fingerprint density at radius 3 is 2.53 bits per heavy atom. The fraction of sp³-hybridized carbons (Fsp3) is 0.500. The van der Waals surface area contributed by atoms with E-state index < -0.39 is 0 Å². The molecule has 2 rings (SSSR count). The third kappa shape index (κ3) is 2.86. The number of hydrogen-bond acceptors (Lipinski definition) is 2. The smallest absolute Gasteiger partial charge is 0.240 e. The Labute approximate surface area is 103 Å². The summed E-state index contributed by atoms with van der Waals surface area (Å²) in [6.07, 6.45) is 0.969. The van der Waals surface area contributed by atoms with Crippen LogP contribution in [-0.4, -0.2) is 29.4 Å². The lowest BCUT2D eigenvalue weighted by atomic mass is 10.0. The standard InChI is InChI=1S/C14H20N2O/c1-11(2)16(14(17)13-8-9-15-13)10-12-6-4-3-5-7-12/h3-7,11,13,15H,8-10H2,1-2H3. The summed E-state index contributed by atoms with van der Waals surface area (Å²) in [6.45, 7) is 5.81. The fourth-order valence-electron chi connectivity index (χ4n) is 1.99. The number of carbonyl (C=O) groups excluding carboxylic acids is 1. The molecule has 1 amide bonds. The second kappa shape index (κ2) is 5.32. The second-order valence-corrected chi connectivity index (χ2v) is 4.84. The molecule has 1 unspecified atom stereocenters. The molecule has 1 atom stereocenters. The average molecular weight is 232 g/mol. The van der Waals surface area contributed by atoms with Crippen LogP contribution in [-0.2, 0) is 11.3 Å². The Morgan fingerprint density at radius 1 is 1.41 bits per heavy atom. The van der Waals surface area contributed by atoms with E-state index in [1.807, 2.05) is 23.1 Å². The van der Waals surface area contributed by atoms with Crippen LogP contribution in [0.2, 0.25) is 0 Å². The van der Waals surface area contributed by atoms with Crippen LogP contribution >= 0.6 is 0 Å². The van der Waals surface area contributed by atoms with Crippen molar-refractivity contribution in [2.75, 3.05) is 6.54 Å². The Bertz CT molecular complexity index is 371. The lowest BCUT2D eigenvalue weighted by Gasteiger charge is -2.35. The van der Waals surface area contributed by atoms with E-state index in [2.05, 4.69) is 31.3 Å². The van der Waals surface area contributed by atoms with Gasteiger partial charge in [0.2, 0.25) is 5.91 Å². The first-order valence-corrected chi connectivity index (χ1v) is 6.26. The molecule has 92 valence electrons. The summed E-state index contributed by atoms with van der Waals surface area (Å²) >= 11 is 0. The van der Waals surface area contributed by atoms with Crippen LogP contribution < -0.4 is 5.32 Å². The molecule has 0 aromatic heterocycles. The maximum Gasteiger partial charge on any atom is 0.240 e. The molecule has 3 nitrogen and oxygen atoms in total. The summed E-state index contributed by atoms with van der Waals surface area (Å²) in [6, 6.07) is 10.4. The predicted octanol–water partition coefficient (Wildman–Crippen LogP) is 1.79. The summed E-state index contributed by atoms with van der Waals surface area (Å²) < 4.78 is 0. The lowest BCUT2D eigenvalue weighted by Crippen LogP contribution is -2.55. The predicted molar refractivity (Wildman–Crippen MR) is 68.5 cm³/mol. The van der Waals surface area contributed by atoms with Crippen molar-refractivity contribution in [2.24, 2.45) is 0 Å². The molecule has 1 aromatic carbocycles. The van der Waals surface area contributed by atoms with E-state index in [0.29, 0.717) is 6.54 Å². The lowest BCUT2D eigenvalue weighted by molar-refractivity contribution is -0.137. The monoisotopic (exact) mass is 232 g/mol. The van der Waals surface area contributed by atoms with Crippen molar-refractivity contribution < 1.29 is 4.79 Å². The number of amides is 1. The van der Waals surface area contributed by atoms with E-state index in [0.717, 1.165) is 13.0 Å². The molecule has 1 heterocycles. The van der Waals surface area contributed by atoms with Crippen molar-refractivity contribution in [3.63, 3.8) is 0 Å². The molecule has 1 N–H and O–H groups in total. The quantitative estimate of drug-likeness (QED) is 0.858. The second-order valence-electron chi connectivity index (χ2n) is 4.84. The van der Waals surface area contributed by atoms with Crippen molar-refractivity contribution in [1.82, 2.24) is 10.2 Å². The molecular formula is C14H20N2O. The molecular weight excluding hydrogens is 212 g/mol. The molecule has 3 heteroatoms. The number of rotatable bonds is 4. The zero-order chi connectivity index (χ0) is 12.3. The van der Waals surface area contributed by atoms with Gasteiger partial charge in [-0.25, -0.2) is 0 Å². The topological polar surface area (TPSA) is 32.3 Å². The number of nitrogens with one attached hydrogen (secondary N) is 1. The van der Waals surface area contributed by atoms with E-state index in [-0.39, 0.29) is 18.0 Å². The van der Waals surface area contributed by atoms with Gasteiger partial charge >= 0.3 is 0 Å². The number of carbonyl (C=O) groups is 1. The molecule has 0 aliphatic carbocycles. The highest BCUT2D eigenvalue weighted by Gasteiger charge is 2.30. The van der Waals surface area contributed by atoms with Gasteiger partial charge in [-0.3, -0.25) is 4.79 Å². The largest absolute Gasteiger partial charge is 0.335 e. The first-order valence-electron chi connectivity index (χ1n) is 6.26. The zero-order valence-electron chi connectivity index (χ0n) is 10.5.